The third-order valence-electron chi connectivity index (χ3n) is 2.46. The molecule has 4 nitrogen and oxygen atoms in total. The summed E-state index contributed by atoms with van der Waals surface area (Å²) in [5.41, 5.74) is 7.41. The summed E-state index contributed by atoms with van der Waals surface area (Å²) in [6.07, 6.45) is 1.78. The number of nitrogen functional groups attached to an aromatic ring is 1. The normalized spacial score (nSPS) is 11.0. The molecule has 1 heterocycles. The van der Waals surface area contributed by atoms with Crippen LogP contribution in [0.5, 0.6) is 0 Å². The van der Waals surface area contributed by atoms with E-state index in [1.54, 1.807) is 0 Å². The number of nitrogens with two attached hydrogens (primary N) is 1. The molecular weight excluding hydrogens is 216 g/mol. The highest BCUT2D eigenvalue weighted by molar-refractivity contribution is 5.84. The van der Waals surface area contributed by atoms with Gasteiger partial charge in [-0.3, -0.25) is 4.79 Å². The Labute approximate surface area is 100.0 Å². The van der Waals surface area contributed by atoms with Crippen LogP contribution in [0.25, 0.3) is 10.9 Å². The molecule has 0 bridgehead atoms. The third kappa shape index (κ3) is 2.58. The number of hydrogen-bond acceptors (Lipinski definition) is 3. The van der Waals surface area contributed by atoms with Gasteiger partial charge < -0.3 is 15.0 Å². The molecule has 2 aromatic rings. The van der Waals surface area contributed by atoms with Crippen LogP contribution in [0, 0.1) is 0 Å². The van der Waals surface area contributed by atoms with E-state index in [4.69, 9.17) is 10.5 Å². The molecule has 0 atom stereocenters. The Morgan fingerprint density at radius 3 is 2.88 bits per heavy atom. The number of carbonyl (C=O) groups is 1. The van der Waals surface area contributed by atoms with Crippen LogP contribution in [0.4, 0.5) is 5.69 Å². The van der Waals surface area contributed by atoms with Crippen LogP contribution in [0.15, 0.2) is 30.5 Å². The van der Waals surface area contributed by atoms with Crippen molar-refractivity contribution in [2.75, 3.05) is 5.73 Å². The molecule has 2 rings (SSSR count). The van der Waals surface area contributed by atoms with Crippen molar-refractivity contribution in [3.8, 4) is 0 Å². The Morgan fingerprint density at radius 1 is 1.41 bits per heavy atom. The molecule has 1 aromatic heterocycles. The van der Waals surface area contributed by atoms with Gasteiger partial charge in [0.05, 0.1) is 6.10 Å². The second kappa shape index (κ2) is 4.49. The Bertz CT molecular complexity index is 543. The molecule has 0 aliphatic carbocycles. The monoisotopic (exact) mass is 232 g/mol. The van der Waals surface area contributed by atoms with E-state index in [2.05, 4.69) is 0 Å². The second-order valence-electron chi connectivity index (χ2n) is 4.30. The van der Waals surface area contributed by atoms with Gasteiger partial charge in [-0.2, -0.15) is 0 Å². The highest BCUT2D eigenvalue weighted by Crippen LogP contribution is 2.18. The number of benzene rings is 1. The minimum absolute atomic E-state index is 0.0834. The van der Waals surface area contributed by atoms with E-state index >= 15 is 0 Å². The molecule has 0 unspecified atom stereocenters. The van der Waals surface area contributed by atoms with Crippen molar-refractivity contribution in [2.24, 2.45) is 0 Å². The van der Waals surface area contributed by atoms with Gasteiger partial charge in [-0.15, -0.1) is 0 Å². The minimum Gasteiger partial charge on any atom is -0.462 e. The zero-order valence-corrected chi connectivity index (χ0v) is 10.0. The fourth-order valence-corrected chi connectivity index (χ4v) is 1.80. The van der Waals surface area contributed by atoms with Crippen LogP contribution in [0.3, 0.4) is 0 Å². The third-order valence-corrected chi connectivity index (χ3v) is 2.46. The molecule has 17 heavy (non-hydrogen) atoms. The van der Waals surface area contributed by atoms with Gasteiger partial charge >= 0.3 is 5.97 Å². The number of fused-ring (bicyclic) bond motifs is 1. The highest BCUT2D eigenvalue weighted by Gasteiger charge is 2.08. The molecule has 0 spiro atoms. The fraction of sp³-hybridized carbons (Fsp3) is 0.308. The molecular formula is C13H16N2O2. The zero-order chi connectivity index (χ0) is 12.4. The van der Waals surface area contributed by atoms with Crippen LogP contribution >= 0.6 is 0 Å². The maximum atomic E-state index is 11.6. The van der Waals surface area contributed by atoms with E-state index < -0.39 is 0 Å². The van der Waals surface area contributed by atoms with Gasteiger partial charge in [-0.05, 0) is 38.1 Å². The molecule has 0 radical (unpaired) electrons. The smallest absolute Gasteiger partial charge is 0.326 e. The van der Waals surface area contributed by atoms with Gasteiger partial charge in [-0.25, -0.2) is 0 Å². The van der Waals surface area contributed by atoms with E-state index in [1.807, 2.05) is 48.9 Å². The lowest BCUT2D eigenvalue weighted by molar-refractivity contribution is -0.148. The average Bonchev–Trinajstić information content (AvgIpc) is 2.59. The number of nitrogens with zero attached hydrogens (tertiary/aromatic N) is 1. The standard InChI is InChI=1S/C13H16N2O2/c1-9(2)17-13(16)8-15-6-5-10-7-11(14)3-4-12(10)15/h3-7,9H,8,14H2,1-2H3. The lowest BCUT2D eigenvalue weighted by atomic mass is 10.2. The first-order chi connectivity index (χ1) is 8.06. The largest absolute Gasteiger partial charge is 0.462 e. The Balaban J connectivity index is 2.22. The van der Waals surface area contributed by atoms with Crippen molar-refractivity contribution >= 4 is 22.6 Å². The number of rotatable bonds is 3. The first-order valence-corrected chi connectivity index (χ1v) is 5.60. The number of hydrogen-bond donors (Lipinski definition) is 1. The predicted molar refractivity (Wildman–Crippen MR) is 67.6 cm³/mol. The number of ether oxygens (including phenoxy) is 1. The van der Waals surface area contributed by atoms with Gasteiger partial charge in [0.25, 0.3) is 0 Å². The molecule has 4 heteroatoms. The van der Waals surface area contributed by atoms with Crippen molar-refractivity contribution in [2.45, 2.75) is 26.5 Å². The topological polar surface area (TPSA) is 57.2 Å². The van der Waals surface area contributed by atoms with Crippen LogP contribution in [-0.2, 0) is 16.1 Å². The van der Waals surface area contributed by atoms with Gasteiger partial charge in [0.2, 0.25) is 0 Å². The van der Waals surface area contributed by atoms with Gasteiger partial charge in [0.15, 0.2) is 0 Å². The summed E-state index contributed by atoms with van der Waals surface area (Å²) in [5.74, 6) is -0.227. The Kier molecular flexibility index (Phi) is 3.04. The maximum absolute atomic E-state index is 11.6. The Hall–Kier alpha value is -1.97. The Morgan fingerprint density at radius 2 is 2.18 bits per heavy atom. The number of anilines is 1. The lowest BCUT2D eigenvalue weighted by Crippen LogP contribution is -2.16. The SMILES string of the molecule is CC(C)OC(=O)Cn1ccc2cc(N)ccc21. The molecule has 1 aromatic carbocycles. The molecule has 0 fully saturated rings. The molecule has 0 amide bonds. The summed E-state index contributed by atoms with van der Waals surface area (Å²) in [5, 5.41) is 1.03. The fourth-order valence-electron chi connectivity index (χ4n) is 1.80. The number of aromatic nitrogens is 1. The molecule has 0 saturated carbocycles. The molecule has 0 aliphatic rings. The van der Waals surface area contributed by atoms with Crippen LogP contribution in [0.1, 0.15) is 13.8 Å². The quantitative estimate of drug-likeness (QED) is 0.651. The zero-order valence-electron chi connectivity index (χ0n) is 10.0. The lowest BCUT2D eigenvalue weighted by Gasteiger charge is -2.09. The summed E-state index contributed by atoms with van der Waals surface area (Å²) < 4.78 is 6.97. The van der Waals surface area contributed by atoms with Gasteiger partial charge in [0.1, 0.15) is 6.54 Å². The second-order valence-corrected chi connectivity index (χ2v) is 4.30. The first kappa shape index (κ1) is 11.5. The summed E-state index contributed by atoms with van der Waals surface area (Å²) in [4.78, 5) is 11.6. The van der Waals surface area contributed by atoms with Crippen LogP contribution in [0.2, 0.25) is 0 Å². The summed E-state index contributed by atoms with van der Waals surface area (Å²) in [6, 6.07) is 7.56. The van der Waals surface area contributed by atoms with Crippen molar-refractivity contribution in [3.63, 3.8) is 0 Å². The predicted octanol–water partition coefficient (Wildman–Crippen LogP) is 2.18. The van der Waals surface area contributed by atoms with E-state index in [1.165, 1.54) is 0 Å². The number of carbonyl (C=O) groups excluding carboxylic acids is 1. The van der Waals surface area contributed by atoms with Crippen molar-refractivity contribution < 1.29 is 9.53 Å². The number of esters is 1. The van der Waals surface area contributed by atoms with Gasteiger partial charge in [-0.1, -0.05) is 0 Å². The van der Waals surface area contributed by atoms with E-state index in [0.29, 0.717) is 0 Å². The molecule has 90 valence electrons. The van der Waals surface area contributed by atoms with E-state index in [0.717, 1.165) is 16.6 Å². The van der Waals surface area contributed by atoms with Crippen molar-refractivity contribution in [1.82, 2.24) is 4.57 Å². The summed E-state index contributed by atoms with van der Waals surface area (Å²) in [6.45, 7) is 3.91. The van der Waals surface area contributed by atoms with Crippen molar-refractivity contribution in [1.29, 1.82) is 0 Å². The molecule has 0 saturated heterocycles. The molecule has 0 aliphatic heterocycles. The maximum Gasteiger partial charge on any atom is 0.326 e. The summed E-state index contributed by atoms with van der Waals surface area (Å²) in [7, 11) is 0. The van der Waals surface area contributed by atoms with Crippen LogP contribution in [-0.4, -0.2) is 16.6 Å². The first-order valence-electron chi connectivity index (χ1n) is 5.60. The molecule has 2 N–H and O–H groups in total. The minimum atomic E-state index is -0.227. The van der Waals surface area contributed by atoms with E-state index in [9.17, 15) is 4.79 Å². The summed E-state index contributed by atoms with van der Waals surface area (Å²) >= 11 is 0. The van der Waals surface area contributed by atoms with E-state index in [-0.39, 0.29) is 18.6 Å². The van der Waals surface area contributed by atoms with Crippen LogP contribution < -0.4 is 5.73 Å². The highest BCUT2D eigenvalue weighted by atomic mass is 16.5. The average molecular weight is 232 g/mol. The van der Waals surface area contributed by atoms with Crippen molar-refractivity contribution in [3.05, 3.63) is 30.5 Å². The van der Waals surface area contributed by atoms with Gasteiger partial charge in [0, 0.05) is 22.8 Å².